The number of hydrogen-bond donors (Lipinski definition) is 1. The second-order valence-corrected chi connectivity index (χ2v) is 9.54. The SMILES string of the molecule is Fc1ccc(Cl)c(-c2cnc(N[C@@H]3CC4CN(Cc5ccc6c(c5)OCO6)C[C@H]4C3)nc2)c1. The molecule has 1 N–H and O–H groups in total. The van der Waals surface area contributed by atoms with Crippen molar-refractivity contribution in [3.05, 3.63) is 65.2 Å². The van der Waals surface area contributed by atoms with Gasteiger partial charge in [0.25, 0.3) is 0 Å². The van der Waals surface area contributed by atoms with Crippen LogP contribution in [0.15, 0.2) is 48.8 Å². The van der Waals surface area contributed by atoms with E-state index in [0.717, 1.165) is 44.0 Å². The van der Waals surface area contributed by atoms with E-state index in [0.29, 0.717) is 46.8 Å². The van der Waals surface area contributed by atoms with E-state index >= 15 is 0 Å². The minimum atomic E-state index is -0.332. The van der Waals surface area contributed by atoms with Crippen molar-refractivity contribution in [1.82, 2.24) is 14.9 Å². The second kappa shape index (κ2) is 8.47. The van der Waals surface area contributed by atoms with E-state index in [2.05, 4.69) is 32.3 Å². The predicted octanol–water partition coefficient (Wildman–Crippen LogP) is 4.99. The van der Waals surface area contributed by atoms with Gasteiger partial charge < -0.3 is 14.8 Å². The lowest BCUT2D eigenvalue weighted by molar-refractivity contribution is 0.174. The van der Waals surface area contributed by atoms with E-state index < -0.39 is 0 Å². The first-order valence-electron chi connectivity index (χ1n) is 11.3. The first kappa shape index (κ1) is 20.7. The van der Waals surface area contributed by atoms with Crippen LogP contribution in [0.4, 0.5) is 10.3 Å². The molecule has 1 saturated carbocycles. The predicted molar refractivity (Wildman–Crippen MR) is 124 cm³/mol. The minimum absolute atomic E-state index is 0.312. The Morgan fingerprint density at radius 2 is 1.76 bits per heavy atom. The molecule has 170 valence electrons. The molecular weight excluding hydrogens is 443 g/mol. The fourth-order valence-electron chi connectivity index (χ4n) is 5.38. The van der Waals surface area contributed by atoms with Crippen LogP contribution in [0.3, 0.4) is 0 Å². The molecule has 8 heteroatoms. The van der Waals surface area contributed by atoms with Gasteiger partial charge in [-0.1, -0.05) is 17.7 Å². The van der Waals surface area contributed by atoms with Gasteiger partial charge in [0, 0.05) is 54.2 Å². The standard InChI is InChI=1S/C25H24ClFN4O2/c26-22-3-2-19(27)8-21(22)18-9-28-25(29-10-18)30-20-6-16-12-31(13-17(16)7-20)11-15-1-4-23-24(5-15)33-14-32-23/h1-5,8-10,16-17,20H,6-7,11-14H2,(H,28,29,30)/t16-,17?,20+/m1/s1. The maximum Gasteiger partial charge on any atom is 0.231 e. The number of rotatable bonds is 5. The Balaban J connectivity index is 1.04. The minimum Gasteiger partial charge on any atom is -0.454 e. The second-order valence-electron chi connectivity index (χ2n) is 9.13. The molecule has 1 unspecified atom stereocenters. The molecule has 3 aliphatic rings. The zero-order chi connectivity index (χ0) is 22.4. The highest BCUT2D eigenvalue weighted by atomic mass is 35.5. The Kier molecular flexibility index (Phi) is 5.31. The number of ether oxygens (including phenoxy) is 2. The summed E-state index contributed by atoms with van der Waals surface area (Å²) in [6.07, 6.45) is 5.62. The summed E-state index contributed by atoms with van der Waals surface area (Å²) in [6, 6.07) is 10.9. The Morgan fingerprint density at radius 3 is 2.55 bits per heavy atom. The van der Waals surface area contributed by atoms with Crippen molar-refractivity contribution in [1.29, 1.82) is 0 Å². The van der Waals surface area contributed by atoms with Crippen molar-refractivity contribution in [2.45, 2.75) is 25.4 Å². The summed E-state index contributed by atoms with van der Waals surface area (Å²) in [5.41, 5.74) is 2.56. The molecule has 2 fully saturated rings. The number of nitrogens with one attached hydrogen (secondary N) is 1. The van der Waals surface area contributed by atoms with Crippen LogP contribution in [0.1, 0.15) is 18.4 Å². The van der Waals surface area contributed by atoms with Gasteiger partial charge in [-0.15, -0.1) is 0 Å². The molecule has 6 rings (SSSR count). The smallest absolute Gasteiger partial charge is 0.231 e. The number of nitrogens with zero attached hydrogens (tertiary/aromatic N) is 3. The van der Waals surface area contributed by atoms with Gasteiger partial charge in [0.2, 0.25) is 12.7 Å². The average molecular weight is 467 g/mol. The average Bonchev–Trinajstić information content (AvgIpc) is 3.51. The van der Waals surface area contributed by atoms with Gasteiger partial charge in [-0.2, -0.15) is 0 Å². The molecule has 6 nitrogen and oxygen atoms in total. The molecule has 0 spiro atoms. The van der Waals surface area contributed by atoms with Crippen LogP contribution < -0.4 is 14.8 Å². The Labute approximate surface area is 196 Å². The maximum atomic E-state index is 13.6. The van der Waals surface area contributed by atoms with Gasteiger partial charge in [-0.25, -0.2) is 14.4 Å². The third-order valence-electron chi connectivity index (χ3n) is 6.89. The van der Waals surface area contributed by atoms with Gasteiger partial charge in [0.1, 0.15) is 5.82 Å². The Morgan fingerprint density at radius 1 is 1.00 bits per heavy atom. The van der Waals surface area contributed by atoms with E-state index in [4.69, 9.17) is 21.1 Å². The van der Waals surface area contributed by atoms with Gasteiger partial charge in [0.05, 0.1) is 0 Å². The summed E-state index contributed by atoms with van der Waals surface area (Å²) in [5.74, 6) is 3.32. The molecule has 1 aliphatic carbocycles. The van der Waals surface area contributed by atoms with Crippen LogP contribution in [0.5, 0.6) is 11.5 Å². The summed E-state index contributed by atoms with van der Waals surface area (Å²) in [4.78, 5) is 11.4. The van der Waals surface area contributed by atoms with E-state index in [1.54, 1.807) is 18.5 Å². The lowest BCUT2D eigenvalue weighted by Crippen LogP contribution is -2.25. The van der Waals surface area contributed by atoms with E-state index in [1.807, 2.05) is 6.07 Å². The summed E-state index contributed by atoms with van der Waals surface area (Å²) in [5, 5.41) is 3.97. The number of anilines is 1. The molecular formula is C25H24ClFN4O2. The van der Waals surface area contributed by atoms with E-state index in [-0.39, 0.29) is 5.82 Å². The van der Waals surface area contributed by atoms with Gasteiger partial charge >= 0.3 is 0 Å². The number of halogens is 2. The molecule has 0 bridgehead atoms. The molecule has 33 heavy (non-hydrogen) atoms. The molecule has 3 atom stereocenters. The van der Waals surface area contributed by atoms with Gasteiger partial charge in [-0.3, -0.25) is 4.90 Å². The number of hydrogen-bond acceptors (Lipinski definition) is 6. The molecule has 1 saturated heterocycles. The van der Waals surface area contributed by atoms with Crippen LogP contribution >= 0.6 is 11.6 Å². The zero-order valence-corrected chi connectivity index (χ0v) is 18.8. The Bertz CT molecular complexity index is 1160. The number of aromatic nitrogens is 2. The third-order valence-corrected chi connectivity index (χ3v) is 7.22. The van der Waals surface area contributed by atoms with Gasteiger partial charge in [0.15, 0.2) is 11.5 Å². The Hall–Kier alpha value is -2.90. The van der Waals surface area contributed by atoms with Crippen molar-refractivity contribution >= 4 is 17.5 Å². The quantitative estimate of drug-likeness (QED) is 0.571. The first-order chi connectivity index (χ1) is 16.1. The normalized spacial score (nSPS) is 23.6. The lowest BCUT2D eigenvalue weighted by Gasteiger charge is -2.20. The molecule has 3 aromatic rings. The topological polar surface area (TPSA) is 59.5 Å². The van der Waals surface area contributed by atoms with Crippen LogP contribution in [-0.4, -0.2) is 40.8 Å². The number of fused-ring (bicyclic) bond motifs is 2. The summed E-state index contributed by atoms with van der Waals surface area (Å²) in [6.45, 7) is 3.46. The van der Waals surface area contributed by atoms with Crippen molar-refractivity contribution in [2.75, 3.05) is 25.2 Å². The summed E-state index contributed by atoms with van der Waals surface area (Å²) in [7, 11) is 0. The summed E-state index contributed by atoms with van der Waals surface area (Å²) < 4.78 is 24.5. The maximum absolute atomic E-state index is 13.6. The molecule has 2 aliphatic heterocycles. The van der Waals surface area contributed by atoms with E-state index in [9.17, 15) is 4.39 Å². The van der Waals surface area contributed by atoms with Crippen molar-refractivity contribution in [3.63, 3.8) is 0 Å². The highest BCUT2D eigenvalue weighted by Gasteiger charge is 2.41. The van der Waals surface area contributed by atoms with Crippen LogP contribution in [0.2, 0.25) is 5.02 Å². The highest BCUT2D eigenvalue weighted by molar-refractivity contribution is 6.33. The first-order valence-corrected chi connectivity index (χ1v) is 11.6. The third kappa shape index (κ3) is 4.23. The summed E-state index contributed by atoms with van der Waals surface area (Å²) >= 11 is 6.20. The van der Waals surface area contributed by atoms with Crippen molar-refractivity contribution < 1.29 is 13.9 Å². The van der Waals surface area contributed by atoms with Crippen LogP contribution in [0.25, 0.3) is 11.1 Å². The molecule has 0 amide bonds. The van der Waals surface area contributed by atoms with Gasteiger partial charge in [-0.05, 0) is 60.6 Å². The molecule has 0 radical (unpaired) electrons. The fraction of sp³-hybridized carbons (Fsp3) is 0.360. The zero-order valence-electron chi connectivity index (χ0n) is 18.0. The molecule has 1 aromatic heterocycles. The highest BCUT2D eigenvalue weighted by Crippen LogP contribution is 2.40. The largest absolute Gasteiger partial charge is 0.454 e. The molecule has 2 aromatic carbocycles. The lowest BCUT2D eigenvalue weighted by atomic mass is 10.0. The number of benzene rings is 2. The number of likely N-dealkylation sites (tertiary alicyclic amines) is 1. The van der Waals surface area contributed by atoms with Crippen LogP contribution in [-0.2, 0) is 6.54 Å². The van der Waals surface area contributed by atoms with Crippen molar-refractivity contribution in [3.8, 4) is 22.6 Å². The van der Waals surface area contributed by atoms with Crippen LogP contribution in [0, 0.1) is 17.7 Å². The van der Waals surface area contributed by atoms with E-state index in [1.165, 1.54) is 17.7 Å². The molecule has 3 heterocycles. The monoisotopic (exact) mass is 466 g/mol. The fourth-order valence-corrected chi connectivity index (χ4v) is 5.61. The van der Waals surface area contributed by atoms with Crippen molar-refractivity contribution in [2.24, 2.45) is 11.8 Å².